The molecular formula is C56H80N10O4S. The van der Waals surface area contributed by atoms with Crippen molar-refractivity contribution in [2.45, 2.75) is 162 Å². The van der Waals surface area contributed by atoms with Gasteiger partial charge in [-0.1, -0.05) is 102 Å². The Labute approximate surface area is 426 Å². The molecular weight excluding hydrogens is 909 g/mol. The highest BCUT2D eigenvalue weighted by Crippen LogP contribution is 2.78. The molecule has 9 rings (SSSR count). The second kappa shape index (κ2) is 22.4. The lowest BCUT2D eigenvalue weighted by Crippen LogP contribution is -2.47. The first-order valence-electron chi connectivity index (χ1n) is 26.6. The summed E-state index contributed by atoms with van der Waals surface area (Å²) >= 11 is 1.55. The number of unbranched alkanes of at least 4 members (excludes halogenated alkanes) is 10. The van der Waals surface area contributed by atoms with Gasteiger partial charge in [-0.05, 0) is 131 Å². The Morgan fingerprint density at radius 3 is 2.15 bits per heavy atom. The van der Waals surface area contributed by atoms with Crippen LogP contribution in [-0.4, -0.2) is 110 Å². The number of ether oxygens (including phenoxy) is 1. The number of likely N-dealkylation sites (N-methyl/N-ethyl adjacent to an activating group) is 1. The van der Waals surface area contributed by atoms with Crippen LogP contribution < -0.4 is 10.2 Å². The van der Waals surface area contributed by atoms with Gasteiger partial charge in [-0.2, -0.15) is 5.10 Å². The van der Waals surface area contributed by atoms with E-state index in [-0.39, 0.29) is 33.4 Å². The number of carboxylic acid groups (broad SMARTS) is 1. The Hall–Kier alpha value is -4.99. The van der Waals surface area contributed by atoms with E-state index in [2.05, 4.69) is 61.8 Å². The molecule has 14 nitrogen and oxygen atoms in total. The van der Waals surface area contributed by atoms with Crippen LogP contribution in [0.1, 0.15) is 158 Å². The van der Waals surface area contributed by atoms with E-state index in [1.54, 1.807) is 11.3 Å². The molecule has 0 spiro atoms. The molecule has 4 aliphatic rings. The van der Waals surface area contributed by atoms with E-state index in [9.17, 15) is 14.7 Å². The molecule has 2 atom stereocenters. The molecule has 0 aliphatic heterocycles. The Morgan fingerprint density at radius 1 is 0.789 bits per heavy atom. The van der Waals surface area contributed by atoms with Gasteiger partial charge in [0.25, 0.3) is 0 Å². The normalized spacial score (nSPS) is 22.3. The summed E-state index contributed by atoms with van der Waals surface area (Å²) < 4.78 is 10.0. The molecule has 384 valence electrons. The number of carbonyl (C=O) groups excluding carboxylic acids is 1. The molecule has 1 amide bonds. The maximum atomic E-state index is 13.2. The zero-order valence-corrected chi connectivity index (χ0v) is 44.8. The lowest BCUT2D eigenvalue weighted by Gasteiger charge is -2.48. The van der Waals surface area contributed by atoms with Gasteiger partial charge >= 0.3 is 5.97 Å². The number of fused-ring (bicyclic) bond motifs is 1. The van der Waals surface area contributed by atoms with E-state index in [1.807, 2.05) is 72.4 Å². The highest BCUT2D eigenvalue weighted by molar-refractivity contribution is 7.22. The van der Waals surface area contributed by atoms with Gasteiger partial charge in [0.1, 0.15) is 5.82 Å². The Balaban J connectivity index is 0.969. The number of carbonyl (C=O) groups is 2. The number of pyridine rings is 1. The van der Waals surface area contributed by atoms with Gasteiger partial charge in [-0.3, -0.25) is 9.48 Å². The first-order chi connectivity index (χ1) is 34.0. The zero-order chi connectivity index (χ0) is 50.4. The van der Waals surface area contributed by atoms with Crippen molar-refractivity contribution in [2.24, 2.45) is 16.2 Å². The van der Waals surface area contributed by atoms with E-state index < -0.39 is 5.97 Å². The van der Waals surface area contributed by atoms with Gasteiger partial charge in [0.15, 0.2) is 22.5 Å². The van der Waals surface area contributed by atoms with Gasteiger partial charge in [0, 0.05) is 56.5 Å². The molecule has 15 heteroatoms. The minimum absolute atomic E-state index is 0.0440. The van der Waals surface area contributed by atoms with Crippen LogP contribution >= 0.6 is 11.3 Å². The number of hydrogen-bond donors (Lipinski definition) is 2. The summed E-state index contributed by atoms with van der Waals surface area (Å²) in [5.74, 6) is 0.664. The molecule has 4 bridgehead atoms. The summed E-state index contributed by atoms with van der Waals surface area (Å²) in [7, 11) is 6.09. The quantitative estimate of drug-likeness (QED) is 0.0458. The van der Waals surface area contributed by atoms with Crippen LogP contribution in [0.3, 0.4) is 0 Å². The number of aryl methyl sites for hydroxylation is 1. The number of anilines is 4. The number of rotatable bonds is 28. The van der Waals surface area contributed by atoms with Crippen molar-refractivity contribution < 1.29 is 19.4 Å². The van der Waals surface area contributed by atoms with E-state index in [1.165, 1.54) is 51.4 Å². The SMILES string of the molecule is CCCCCCCCCCCCC(=O)N(C)CCCCN(c1cc(C)c(Nc2nc3ccccc3s2)nn1)c1ccc(-c2cnn(CC34CC5(OCCN(C)C)CC(C)(C3)C(C)(C4)C5)c2C)c(C(=O)O)n1. The van der Waals surface area contributed by atoms with Crippen LogP contribution in [0.2, 0.25) is 0 Å². The van der Waals surface area contributed by atoms with E-state index in [4.69, 9.17) is 24.9 Å². The average molecular weight is 989 g/mol. The van der Waals surface area contributed by atoms with Gasteiger partial charge in [-0.25, -0.2) is 14.8 Å². The zero-order valence-electron chi connectivity index (χ0n) is 44.0. The van der Waals surface area contributed by atoms with Crippen LogP contribution in [0.15, 0.2) is 48.7 Å². The average Bonchev–Trinajstić information content (AvgIpc) is 3.98. The lowest BCUT2D eigenvalue weighted by atomic mass is 9.64. The number of aromatic nitrogens is 6. The molecule has 4 saturated carbocycles. The van der Waals surface area contributed by atoms with Crippen molar-refractivity contribution in [3.8, 4) is 11.1 Å². The highest BCUT2D eigenvalue weighted by Gasteiger charge is 2.73. The minimum Gasteiger partial charge on any atom is -0.476 e. The standard InChI is InChI=1S/C56H80N10O4S/c1-9-10-11-12-13-14-15-16-17-18-25-48(67)64(8)28-21-22-29-65(47-32-40(2)50(62-61-47)60-52-58-44-23-19-20-24-45(44)71-52)46-27-26-42(49(59-46)51(68)69)43-33-57-66(41(43)3)39-55-34-53(4)36-56(38-55,37-54(53,5)35-55)70-31-30-63(6)7/h19-20,23-24,26-27,32-33H,9-18,21-22,25,28-31,34-39H2,1-8H3,(H,68,69)(H,58,60,62). The summed E-state index contributed by atoms with van der Waals surface area (Å²) in [4.78, 5) is 42.0. The van der Waals surface area contributed by atoms with E-state index in [0.29, 0.717) is 48.9 Å². The second-order valence-corrected chi connectivity index (χ2v) is 23.5. The van der Waals surface area contributed by atoms with Crippen molar-refractivity contribution in [1.29, 1.82) is 0 Å². The molecule has 2 N–H and O–H groups in total. The predicted molar refractivity (Wildman–Crippen MR) is 286 cm³/mol. The second-order valence-electron chi connectivity index (χ2n) is 22.5. The first kappa shape index (κ1) is 52.3. The van der Waals surface area contributed by atoms with Crippen molar-refractivity contribution in [2.75, 3.05) is 57.6 Å². The largest absolute Gasteiger partial charge is 0.476 e. The maximum absolute atomic E-state index is 13.2. The van der Waals surface area contributed by atoms with Gasteiger partial charge < -0.3 is 29.9 Å². The molecule has 2 unspecified atom stereocenters. The summed E-state index contributed by atoms with van der Waals surface area (Å²) in [6.45, 7) is 14.8. The maximum Gasteiger partial charge on any atom is 0.355 e. The van der Waals surface area contributed by atoms with Crippen molar-refractivity contribution in [3.05, 3.63) is 65.6 Å². The van der Waals surface area contributed by atoms with Gasteiger partial charge in [-0.15, -0.1) is 10.2 Å². The molecule has 0 saturated heterocycles. The summed E-state index contributed by atoms with van der Waals surface area (Å²) in [6, 6.07) is 13.7. The Bertz CT molecular complexity index is 2580. The summed E-state index contributed by atoms with van der Waals surface area (Å²) in [5, 5.41) is 29.2. The van der Waals surface area contributed by atoms with Crippen LogP contribution in [-0.2, 0) is 16.1 Å². The molecule has 4 aliphatic carbocycles. The number of hydrogen-bond acceptors (Lipinski definition) is 12. The number of aromatic carboxylic acids is 1. The minimum atomic E-state index is -1.11. The molecule has 71 heavy (non-hydrogen) atoms. The fraction of sp³-hybridized carbons (Fsp3) is 0.625. The third kappa shape index (κ3) is 11.9. The van der Waals surface area contributed by atoms with Crippen LogP contribution in [0.25, 0.3) is 21.3 Å². The fourth-order valence-corrected chi connectivity index (χ4v) is 13.7. The van der Waals surface area contributed by atoms with Gasteiger partial charge in [0.2, 0.25) is 5.91 Å². The van der Waals surface area contributed by atoms with Crippen molar-refractivity contribution in [3.63, 3.8) is 0 Å². The van der Waals surface area contributed by atoms with Crippen molar-refractivity contribution >= 4 is 56.0 Å². The number of benzene rings is 1. The van der Waals surface area contributed by atoms with Crippen LogP contribution in [0, 0.1) is 30.1 Å². The summed E-state index contributed by atoms with van der Waals surface area (Å²) in [5.41, 5.74) is 4.31. The molecule has 1 aromatic carbocycles. The van der Waals surface area contributed by atoms with E-state index in [0.717, 1.165) is 103 Å². The fourth-order valence-electron chi connectivity index (χ4n) is 12.8. The number of nitrogens with zero attached hydrogens (tertiary/aromatic N) is 9. The van der Waals surface area contributed by atoms with Gasteiger partial charge in [0.05, 0.1) is 28.6 Å². The van der Waals surface area contributed by atoms with E-state index >= 15 is 0 Å². The Morgan fingerprint density at radius 2 is 1.48 bits per heavy atom. The number of para-hydroxylation sites is 1. The number of thiazole rings is 1. The smallest absolute Gasteiger partial charge is 0.355 e. The first-order valence-corrected chi connectivity index (χ1v) is 27.4. The molecule has 4 heterocycles. The number of carboxylic acids is 1. The molecule has 5 aromatic rings. The lowest BCUT2D eigenvalue weighted by molar-refractivity contribution is -0.130. The Kier molecular flexibility index (Phi) is 16.5. The predicted octanol–water partition coefficient (Wildman–Crippen LogP) is 12.4. The monoisotopic (exact) mass is 989 g/mol. The topological polar surface area (TPSA) is 155 Å². The number of amides is 1. The van der Waals surface area contributed by atoms with Crippen LogP contribution in [0.4, 0.5) is 22.6 Å². The summed E-state index contributed by atoms with van der Waals surface area (Å²) in [6.07, 6.45) is 21.8. The third-order valence-corrected chi connectivity index (χ3v) is 17.3. The highest BCUT2D eigenvalue weighted by atomic mass is 32.1. The van der Waals surface area contributed by atoms with Crippen LogP contribution in [0.5, 0.6) is 0 Å². The third-order valence-electron chi connectivity index (χ3n) is 16.4. The molecule has 4 aromatic heterocycles. The van der Waals surface area contributed by atoms with Crippen molar-refractivity contribution in [1.82, 2.24) is 39.7 Å². The number of nitrogens with one attached hydrogen (secondary N) is 1. The molecule has 4 fully saturated rings. The molecule has 0 radical (unpaired) electrons.